The molecule has 3 rings (SSSR count). The molecule has 1 heterocycles. The number of ether oxygens (including phenoxy) is 2. The molecule has 0 aliphatic carbocycles. The quantitative estimate of drug-likeness (QED) is 0.453. The summed E-state index contributed by atoms with van der Waals surface area (Å²) in [5.41, 5.74) is 1.51. The van der Waals surface area contributed by atoms with E-state index >= 15 is 0 Å². The molecular weight excluding hydrogens is 334 g/mol. The first kappa shape index (κ1) is 17.7. The van der Waals surface area contributed by atoms with Gasteiger partial charge >= 0.3 is 5.97 Å². The van der Waals surface area contributed by atoms with Crippen molar-refractivity contribution >= 4 is 17.8 Å². The van der Waals surface area contributed by atoms with E-state index in [1.165, 1.54) is 6.92 Å². The van der Waals surface area contributed by atoms with Crippen LogP contribution >= 0.6 is 0 Å². The number of hydrogen-bond donors (Lipinski definition) is 0. The van der Waals surface area contributed by atoms with Gasteiger partial charge in [-0.2, -0.15) is 0 Å². The van der Waals surface area contributed by atoms with Crippen molar-refractivity contribution in [2.45, 2.75) is 19.9 Å². The second-order valence-corrected chi connectivity index (χ2v) is 6.03. The zero-order chi connectivity index (χ0) is 18.7. The Morgan fingerprint density at radius 3 is 2.42 bits per heavy atom. The smallest absolute Gasteiger partial charge is 0.329 e. The van der Waals surface area contributed by atoms with Gasteiger partial charge in [-0.05, 0) is 38.1 Å². The van der Waals surface area contributed by atoms with Gasteiger partial charge in [-0.1, -0.05) is 29.8 Å². The van der Waals surface area contributed by atoms with Crippen LogP contribution in [0.25, 0.3) is 0 Å². The van der Waals surface area contributed by atoms with Gasteiger partial charge in [0.25, 0.3) is 11.8 Å². The van der Waals surface area contributed by atoms with Crippen molar-refractivity contribution in [2.24, 2.45) is 0 Å². The number of carbonyl (C=O) groups excluding carboxylic acids is 3. The van der Waals surface area contributed by atoms with Gasteiger partial charge in [-0.25, -0.2) is 4.79 Å². The highest BCUT2D eigenvalue weighted by molar-refractivity contribution is 6.22. The van der Waals surface area contributed by atoms with Crippen molar-refractivity contribution in [3.8, 4) is 5.75 Å². The van der Waals surface area contributed by atoms with Gasteiger partial charge in [-0.3, -0.25) is 14.5 Å². The third-order valence-corrected chi connectivity index (χ3v) is 4.14. The van der Waals surface area contributed by atoms with Gasteiger partial charge in [0.15, 0.2) is 0 Å². The lowest BCUT2D eigenvalue weighted by atomic mass is 10.1. The molecule has 1 unspecified atom stereocenters. The van der Waals surface area contributed by atoms with Crippen LogP contribution in [-0.4, -0.2) is 41.9 Å². The summed E-state index contributed by atoms with van der Waals surface area (Å²) in [6.07, 6.45) is 0. The molecule has 1 aliphatic heterocycles. The SMILES string of the molecule is Cc1ccc2c(c1)C(=O)N(C(C)C(=O)OCCOc1ccccc1)C2=O. The maximum absolute atomic E-state index is 12.5. The summed E-state index contributed by atoms with van der Waals surface area (Å²) in [5, 5.41) is 0. The number of aryl methyl sites for hydroxylation is 1. The Morgan fingerprint density at radius 1 is 1.00 bits per heavy atom. The first-order valence-corrected chi connectivity index (χ1v) is 8.32. The molecule has 0 fully saturated rings. The number of carbonyl (C=O) groups is 3. The molecule has 26 heavy (non-hydrogen) atoms. The Morgan fingerprint density at radius 2 is 1.69 bits per heavy atom. The lowest BCUT2D eigenvalue weighted by molar-refractivity contribution is -0.148. The van der Waals surface area contributed by atoms with E-state index < -0.39 is 23.8 Å². The van der Waals surface area contributed by atoms with Gasteiger partial charge in [-0.15, -0.1) is 0 Å². The number of esters is 1. The molecule has 0 saturated heterocycles. The van der Waals surface area contributed by atoms with E-state index in [-0.39, 0.29) is 13.2 Å². The molecule has 2 amide bonds. The number of fused-ring (bicyclic) bond motifs is 1. The lowest BCUT2D eigenvalue weighted by Crippen LogP contribution is -2.44. The molecule has 2 aromatic carbocycles. The summed E-state index contributed by atoms with van der Waals surface area (Å²) in [7, 11) is 0. The maximum Gasteiger partial charge on any atom is 0.329 e. The monoisotopic (exact) mass is 353 g/mol. The number of nitrogens with zero attached hydrogens (tertiary/aromatic N) is 1. The Hall–Kier alpha value is -3.15. The molecule has 6 heteroatoms. The second kappa shape index (κ2) is 7.39. The van der Waals surface area contributed by atoms with Crippen LogP contribution in [0, 0.1) is 6.92 Å². The van der Waals surface area contributed by atoms with Crippen molar-refractivity contribution in [1.29, 1.82) is 0 Å². The van der Waals surface area contributed by atoms with E-state index in [0.717, 1.165) is 10.5 Å². The highest BCUT2D eigenvalue weighted by Crippen LogP contribution is 2.26. The van der Waals surface area contributed by atoms with Crippen LogP contribution in [0.4, 0.5) is 0 Å². The maximum atomic E-state index is 12.5. The number of benzene rings is 2. The molecular formula is C20H19NO5. The highest BCUT2D eigenvalue weighted by atomic mass is 16.6. The van der Waals surface area contributed by atoms with E-state index in [2.05, 4.69) is 0 Å². The minimum Gasteiger partial charge on any atom is -0.490 e. The van der Waals surface area contributed by atoms with Gasteiger partial charge in [0.1, 0.15) is 25.0 Å². The topological polar surface area (TPSA) is 72.9 Å². The number of rotatable bonds is 6. The zero-order valence-corrected chi connectivity index (χ0v) is 14.6. The third-order valence-electron chi connectivity index (χ3n) is 4.14. The van der Waals surface area contributed by atoms with Crippen molar-refractivity contribution in [3.05, 3.63) is 65.2 Å². The van der Waals surface area contributed by atoms with E-state index in [9.17, 15) is 14.4 Å². The lowest BCUT2D eigenvalue weighted by Gasteiger charge is -2.20. The Kier molecular flexibility index (Phi) is 5.02. The molecule has 0 bridgehead atoms. The number of imide groups is 1. The molecule has 0 saturated carbocycles. The Balaban J connectivity index is 1.57. The van der Waals surface area contributed by atoms with Crippen molar-refractivity contribution in [2.75, 3.05) is 13.2 Å². The van der Waals surface area contributed by atoms with Crippen molar-refractivity contribution in [1.82, 2.24) is 4.90 Å². The van der Waals surface area contributed by atoms with Crippen molar-refractivity contribution in [3.63, 3.8) is 0 Å². The largest absolute Gasteiger partial charge is 0.490 e. The summed E-state index contributed by atoms with van der Waals surface area (Å²) in [6.45, 7) is 3.53. The molecule has 2 aromatic rings. The standard InChI is InChI=1S/C20H19NO5/c1-13-8-9-16-17(12-13)19(23)21(18(16)22)14(2)20(24)26-11-10-25-15-6-4-3-5-7-15/h3-9,12,14H,10-11H2,1-2H3. The third kappa shape index (κ3) is 3.44. The predicted octanol–water partition coefficient (Wildman–Crippen LogP) is 2.60. The van der Waals surface area contributed by atoms with Crippen LogP contribution in [0.5, 0.6) is 5.75 Å². The molecule has 0 radical (unpaired) electrons. The molecule has 6 nitrogen and oxygen atoms in total. The van der Waals surface area contributed by atoms with Crippen molar-refractivity contribution < 1.29 is 23.9 Å². The Labute approximate surface area is 151 Å². The number of para-hydroxylation sites is 1. The van der Waals surface area contributed by atoms with Gasteiger partial charge in [0, 0.05) is 0 Å². The van der Waals surface area contributed by atoms with Crippen LogP contribution in [0.15, 0.2) is 48.5 Å². The first-order valence-electron chi connectivity index (χ1n) is 8.32. The first-order chi connectivity index (χ1) is 12.5. The zero-order valence-electron chi connectivity index (χ0n) is 14.6. The van der Waals surface area contributed by atoms with E-state index in [1.54, 1.807) is 30.3 Å². The van der Waals surface area contributed by atoms with E-state index in [4.69, 9.17) is 9.47 Å². The fourth-order valence-electron chi connectivity index (χ4n) is 2.77. The number of hydrogen-bond acceptors (Lipinski definition) is 5. The van der Waals surface area contributed by atoms with Gasteiger partial charge < -0.3 is 9.47 Å². The van der Waals surface area contributed by atoms with Crippen LogP contribution in [0.1, 0.15) is 33.2 Å². The summed E-state index contributed by atoms with van der Waals surface area (Å²) >= 11 is 0. The fourth-order valence-corrected chi connectivity index (χ4v) is 2.77. The second-order valence-electron chi connectivity index (χ2n) is 6.03. The van der Waals surface area contributed by atoms with Gasteiger partial charge in [0.05, 0.1) is 11.1 Å². The Bertz CT molecular complexity index is 847. The van der Waals surface area contributed by atoms with Gasteiger partial charge in [0.2, 0.25) is 0 Å². The predicted molar refractivity (Wildman–Crippen MR) is 94.0 cm³/mol. The van der Waals surface area contributed by atoms with Crippen LogP contribution in [-0.2, 0) is 9.53 Å². The normalized spacial score (nSPS) is 14.2. The number of amides is 2. The van der Waals surface area contributed by atoms with E-state index in [1.807, 2.05) is 25.1 Å². The van der Waals surface area contributed by atoms with Crippen LogP contribution in [0.2, 0.25) is 0 Å². The molecule has 134 valence electrons. The molecule has 0 aromatic heterocycles. The summed E-state index contributed by atoms with van der Waals surface area (Å²) in [6, 6.07) is 13.2. The molecule has 1 atom stereocenters. The van der Waals surface area contributed by atoms with Crippen LogP contribution < -0.4 is 4.74 Å². The fraction of sp³-hybridized carbons (Fsp3) is 0.250. The van der Waals surface area contributed by atoms with E-state index in [0.29, 0.717) is 16.9 Å². The molecule has 1 aliphatic rings. The summed E-state index contributed by atoms with van der Waals surface area (Å²) < 4.78 is 10.6. The highest BCUT2D eigenvalue weighted by Gasteiger charge is 2.41. The van der Waals surface area contributed by atoms with Crippen LogP contribution in [0.3, 0.4) is 0 Å². The summed E-state index contributed by atoms with van der Waals surface area (Å²) in [5.74, 6) is -0.922. The minimum absolute atomic E-state index is 0.0281. The summed E-state index contributed by atoms with van der Waals surface area (Å²) in [4.78, 5) is 38.1. The minimum atomic E-state index is -1.00. The average Bonchev–Trinajstić information content (AvgIpc) is 2.89. The molecule has 0 spiro atoms. The average molecular weight is 353 g/mol. The molecule has 0 N–H and O–H groups in total.